The van der Waals surface area contributed by atoms with Crippen molar-refractivity contribution in [3.05, 3.63) is 46.7 Å². The third kappa shape index (κ3) is 3.29. The Labute approximate surface area is 100.0 Å². The van der Waals surface area contributed by atoms with E-state index in [9.17, 15) is 0 Å². The summed E-state index contributed by atoms with van der Waals surface area (Å²) >= 11 is 11.2. The maximum absolute atomic E-state index is 5.67. The average molecular weight is 243 g/mol. The van der Waals surface area contributed by atoms with Crippen LogP contribution in [0.25, 0.3) is 5.57 Å². The lowest BCUT2D eigenvalue weighted by Gasteiger charge is -2.10. The average Bonchev–Trinajstić information content (AvgIpc) is 2.28. The molecule has 1 aromatic carbocycles. The Bertz CT molecular complexity index is 394. The smallest absolute Gasteiger partial charge is 0.134 e. The first-order chi connectivity index (χ1) is 7.19. The van der Waals surface area contributed by atoms with Crippen molar-refractivity contribution >= 4 is 28.8 Å². The molecule has 3 heteroatoms. The van der Waals surface area contributed by atoms with E-state index in [0.717, 1.165) is 16.9 Å². The van der Waals surface area contributed by atoms with Crippen molar-refractivity contribution in [3.8, 4) is 5.75 Å². The number of halogens is 2. The van der Waals surface area contributed by atoms with Gasteiger partial charge in [0.05, 0.1) is 0 Å². The van der Waals surface area contributed by atoms with Crippen LogP contribution in [0.5, 0.6) is 5.75 Å². The molecule has 0 aliphatic heterocycles. The summed E-state index contributed by atoms with van der Waals surface area (Å²) in [5.74, 6) is 1.40. The van der Waals surface area contributed by atoms with Crippen molar-refractivity contribution in [1.29, 1.82) is 0 Å². The minimum Gasteiger partial charge on any atom is -0.460 e. The highest BCUT2D eigenvalue weighted by atomic mass is 35.5. The summed E-state index contributed by atoms with van der Waals surface area (Å²) in [6.45, 7) is 3.72. The Morgan fingerprint density at radius 1 is 1.13 bits per heavy atom. The van der Waals surface area contributed by atoms with Crippen molar-refractivity contribution in [2.75, 3.05) is 0 Å². The zero-order valence-corrected chi connectivity index (χ0v) is 10.1. The summed E-state index contributed by atoms with van der Waals surface area (Å²) in [5.41, 5.74) is 4.85. The molecule has 1 aromatic rings. The van der Waals surface area contributed by atoms with Crippen LogP contribution < -0.4 is 4.74 Å². The molecule has 0 amide bonds. The quantitative estimate of drug-likeness (QED) is 0.695. The van der Waals surface area contributed by atoms with Gasteiger partial charge in [0.15, 0.2) is 0 Å². The Kier molecular flexibility index (Phi) is 4.73. The summed E-state index contributed by atoms with van der Waals surface area (Å²) in [6.07, 6.45) is 0. The predicted molar refractivity (Wildman–Crippen MR) is 66.2 cm³/mol. The molecule has 0 bridgehead atoms. The molecule has 1 rings (SSSR count). The first-order valence-electron chi connectivity index (χ1n) is 4.50. The summed E-state index contributed by atoms with van der Waals surface area (Å²) in [7, 11) is 0. The second-order valence-corrected chi connectivity index (χ2v) is 3.55. The van der Waals surface area contributed by atoms with E-state index in [1.807, 2.05) is 31.2 Å². The van der Waals surface area contributed by atoms with E-state index in [1.54, 1.807) is 6.92 Å². The van der Waals surface area contributed by atoms with Gasteiger partial charge < -0.3 is 4.74 Å². The number of para-hydroxylation sites is 1. The molecule has 0 saturated heterocycles. The molecule has 1 nitrogen and oxygen atoms in total. The third-order valence-electron chi connectivity index (χ3n) is 1.90. The van der Waals surface area contributed by atoms with Crippen molar-refractivity contribution in [1.82, 2.24) is 0 Å². The SMILES string of the molecule is CC(=CCl)Oc1ccccc1C(C)=CCl. The van der Waals surface area contributed by atoms with Gasteiger partial charge in [0, 0.05) is 16.6 Å². The van der Waals surface area contributed by atoms with Gasteiger partial charge in [-0.25, -0.2) is 0 Å². The maximum Gasteiger partial charge on any atom is 0.134 e. The van der Waals surface area contributed by atoms with Crippen molar-refractivity contribution < 1.29 is 4.74 Å². The number of ether oxygens (including phenoxy) is 1. The zero-order valence-electron chi connectivity index (χ0n) is 8.63. The van der Waals surface area contributed by atoms with Crippen molar-refractivity contribution in [2.45, 2.75) is 13.8 Å². The van der Waals surface area contributed by atoms with E-state index in [0.29, 0.717) is 5.76 Å². The molecule has 0 aliphatic rings. The standard InChI is InChI=1S/C12H12Cl2O/c1-9(7-13)11-5-3-4-6-12(11)15-10(2)8-14/h3-8H,1-2H3. The molecule has 0 spiro atoms. The number of hydrogen-bond acceptors (Lipinski definition) is 1. The molecule has 15 heavy (non-hydrogen) atoms. The Morgan fingerprint density at radius 2 is 1.80 bits per heavy atom. The van der Waals surface area contributed by atoms with E-state index in [1.165, 1.54) is 11.1 Å². The summed E-state index contributed by atoms with van der Waals surface area (Å²) in [5, 5.41) is 0. The van der Waals surface area contributed by atoms with Gasteiger partial charge in [-0.15, -0.1) is 0 Å². The van der Waals surface area contributed by atoms with E-state index >= 15 is 0 Å². The highest BCUT2D eigenvalue weighted by molar-refractivity contribution is 6.28. The molecular formula is C12H12Cl2O. The molecule has 0 saturated carbocycles. The topological polar surface area (TPSA) is 9.23 Å². The summed E-state index contributed by atoms with van der Waals surface area (Å²) < 4.78 is 5.55. The zero-order chi connectivity index (χ0) is 11.3. The second kappa shape index (κ2) is 5.84. The normalized spacial score (nSPS) is 12.8. The van der Waals surface area contributed by atoms with Crippen LogP contribution in [0, 0.1) is 0 Å². The van der Waals surface area contributed by atoms with Crippen LogP contribution in [-0.4, -0.2) is 0 Å². The van der Waals surface area contributed by atoms with Crippen molar-refractivity contribution in [3.63, 3.8) is 0 Å². The van der Waals surface area contributed by atoms with E-state index in [2.05, 4.69) is 0 Å². The Hall–Kier alpha value is -0.920. The highest BCUT2D eigenvalue weighted by Gasteiger charge is 2.04. The van der Waals surface area contributed by atoms with Gasteiger partial charge in [-0.2, -0.15) is 0 Å². The van der Waals surface area contributed by atoms with Gasteiger partial charge >= 0.3 is 0 Å². The fourth-order valence-corrected chi connectivity index (χ4v) is 1.30. The fourth-order valence-electron chi connectivity index (χ4n) is 1.14. The Balaban J connectivity index is 3.07. The molecule has 0 aliphatic carbocycles. The number of benzene rings is 1. The molecule has 0 fully saturated rings. The summed E-state index contributed by atoms with van der Waals surface area (Å²) in [4.78, 5) is 0. The largest absolute Gasteiger partial charge is 0.460 e. The van der Waals surface area contributed by atoms with Crippen LogP contribution in [-0.2, 0) is 0 Å². The number of rotatable bonds is 3. The van der Waals surface area contributed by atoms with Crippen LogP contribution in [0.3, 0.4) is 0 Å². The predicted octanol–water partition coefficient (Wildman–Crippen LogP) is 4.77. The molecular weight excluding hydrogens is 231 g/mol. The van der Waals surface area contributed by atoms with E-state index in [4.69, 9.17) is 27.9 Å². The van der Waals surface area contributed by atoms with Gasteiger partial charge in [-0.3, -0.25) is 0 Å². The lowest BCUT2D eigenvalue weighted by molar-refractivity contribution is 0.428. The first kappa shape index (κ1) is 12.2. The van der Waals surface area contributed by atoms with Crippen LogP contribution in [0.15, 0.2) is 41.1 Å². The molecule has 0 unspecified atom stereocenters. The molecule has 0 N–H and O–H groups in total. The Morgan fingerprint density at radius 3 is 2.40 bits per heavy atom. The van der Waals surface area contributed by atoms with Gasteiger partial charge in [-0.05, 0) is 25.5 Å². The van der Waals surface area contributed by atoms with Gasteiger partial charge in [0.2, 0.25) is 0 Å². The van der Waals surface area contributed by atoms with Gasteiger partial charge in [0.25, 0.3) is 0 Å². The van der Waals surface area contributed by atoms with Crippen LogP contribution in [0.1, 0.15) is 19.4 Å². The monoisotopic (exact) mass is 242 g/mol. The molecule has 0 heterocycles. The number of hydrogen-bond donors (Lipinski definition) is 0. The van der Waals surface area contributed by atoms with Crippen LogP contribution in [0.4, 0.5) is 0 Å². The van der Waals surface area contributed by atoms with E-state index < -0.39 is 0 Å². The minimum atomic E-state index is 0.645. The fraction of sp³-hybridized carbons (Fsp3) is 0.167. The van der Waals surface area contributed by atoms with Crippen LogP contribution >= 0.6 is 23.2 Å². The molecule has 80 valence electrons. The molecule has 0 aromatic heterocycles. The van der Waals surface area contributed by atoms with Crippen molar-refractivity contribution in [2.24, 2.45) is 0 Å². The van der Waals surface area contributed by atoms with Gasteiger partial charge in [0.1, 0.15) is 11.5 Å². The third-order valence-corrected chi connectivity index (χ3v) is 2.53. The summed E-state index contributed by atoms with van der Waals surface area (Å²) in [6, 6.07) is 7.67. The van der Waals surface area contributed by atoms with E-state index in [-0.39, 0.29) is 0 Å². The maximum atomic E-state index is 5.67. The first-order valence-corrected chi connectivity index (χ1v) is 5.37. The molecule has 0 radical (unpaired) electrons. The minimum absolute atomic E-state index is 0.645. The second-order valence-electron chi connectivity index (χ2n) is 3.11. The van der Waals surface area contributed by atoms with Crippen LogP contribution in [0.2, 0.25) is 0 Å². The molecule has 0 atom stereocenters. The highest BCUT2D eigenvalue weighted by Crippen LogP contribution is 2.27. The van der Waals surface area contributed by atoms with Gasteiger partial charge in [-0.1, -0.05) is 41.4 Å². The number of allylic oxidation sites excluding steroid dienone is 2. The lowest BCUT2D eigenvalue weighted by atomic mass is 10.1. The lowest BCUT2D eigenvalue weighted by Crippen LogP contribution is -1.93.